The van der Waals surface area contributed by atoms with E-state index in [0.717, 1.165) is 40.8 Å². The third kappa shape index (κ3) is 2.53. The second-order valence-electron chi connectivity index (χ2n) is 4.82. The van der Waals surface area contributed by atoms with Crippen LogP contribution in [0.3, 0.4) is 0 Å². The molecular formula is C16H16BrNO. The van der Waals surface area contributed by atoms with Crippen molar-refractivity contribution in [2.45, 2.75) is 18.9 Å². The Bertz CT molecular complexity index is 597. The van der Waals surface area contributed by atoms with Crippen molar-refractivity contribution in [2.24, 2.45) is 5.73 Å². The molecule has 1 aliphatic rings. The summed E-state index contributed by atoms with van der Waals surface area (Å²) in [5, 5.41) is 0. The lowest BCUT2D eigenvalue weighted by molar-refractivity contribution is 0.284. The molecule has 1 heterocycles. The smallest absolute Gasteiger partial charge is 0.127 e. The van der Waals surface area contributed by atoms with Gasteiger partial charge in [0.25, 0.3) is 0 Å². The fourth-order valence-corrected chi connectivity index (χ4v) is 2.96. The van der Waals surface area contributed by atoms with Crippen molar-refractivity contribution in [3.8, 4) is 5.75 Å². The van der Waals surface area contributed by atoms with Crippen molar-refractivity contribution in [3.05, 3.63) is 63.6 Å². The Morgan fingerprint density at radius 1 is 1.16 bits per heavy atom. The van der Waals surface area contributed by atoms with E-state index in [1.54, 1.807) is 0 Å². The van der Waals surface area contributed by atoms with E-state index in [2.05, 4.69) is 46.3 Å². The first kappa shape index (κ1) is 12.7. The molecule has 0 saturated carbocycles. The Kier molecular flexibility index (Phi) is 3.58. The molecule has 2 aromatic carbocycles. The standard InChI is InChI=1S/C16H16BrNO/c17-13-7-1-5-12(10-13)15(18)14-8-2-4-11-6-3-9-19-16(11)14/h1-2,4-5,7-8,10,15H,3,6,9,18H2. The predicted octanol–water partition coefficient (Wildman–Crippen LogP) is 3.82. The Morgan fingerprint density at radius 3 is 2.84 bits per heavy atom. The number of rotatable bonds is 2. The van der Waals surface area contributed by atoms with E-state index in [1.807, 2.05) is 12.1 Å². The fraction of sp³-hybridized carbons (Fsp3) is 0.250. The van der Waals surface area contributed by atoms with Gasteiger partial charge in [-0.1, -0.05) is 46.3 Å². The van der Waals surface area contributed by atoms with Crippen molar-refractivity contribution in [1.82, 2.24) is 0 Å². The summed E-state index contributed by atoms with van der Waals surface area (Å²) in [6.45, 7) is 0.787. The first-order chi connectivity index (χ1) is 9.25. The van der Waals surface area contributed by atoms with Crippen molar-refractivity contribution in [2.75, 3.05) is 6.61 Å². The largest absolute Gasteiger partial charge is 0.493 e. The molecule has 0 amide bonds. The Morgan fingerprint density at radius 2 is 2.00 bits per heavy atom. The van der Waals surface area contributed by atoms with Crippen LogP contribution in [0, 0.1) is 0 Å². The molecule has 1 aliphatic heterocycles. The summed E-state index contributed by atoms with van der Waals surface area (Å²) in [4.78, 5) is 0. The molecule has 2 nitrogen and oxygen atoms in total. The zero-order chi connectivity index (χ0) is 13.2. The number of halogens is 1. The number of hydrogen-bond acceptors (Lipinski definition) is 2. The highest BCUT2D eigenvalue weighted by Gasteiger charge is 2.19. The number of nitrogens with two attached hydrogens (primary N) is 1. The van der Waals surface area contributed by atoms with E-state index in [4.69, 9.17) is 10.5 Å². The second kappa shape index (κ2) is 5.35. The molecule has 98 valence electrons. The predicted molar refractivity (Wildman–Crippen MR) is 80.4 cm³/mol. The van der Waals surface area contributed by atoms with Gasteiger partial charge in [0.05, 0.1) is 12.6 Å². The van der Waals surface area contributed by atoms with Gasteiger partial charge in [-0.2, -0.15) is 0 Å². The number of para-hydroxylation sites is 1. The number of hydrogen-bond donors (Lipinski definition) is 1. The van der Waals surface area contributed by atoms with Gasteiger partial charge in [-0.25, -0.2) is 0 Å². The van der Waals surface area contributed by atoms with Gasteiger partial charge in [0.15, 0.2) is 0 Å². The SMILES string of the molecule is NC(c1cccc(Br)c1)c1cccc2c1OCCC2. The lowest BCUT2D eigenvalue weighted by Gasteiger charge is -2.23. The number of benzene rings is 2. The van der Waals surface area contributed by atoms with Gasteiger partial charge < -0.3 is 10.5 Å². The summed E-state index contributed by atoms with van der Waals surface area (Å²) >= 11 is 3.49. The van der Waals surface area contributed by atoms with Crippen molar-refractivity contribution < 1.29 is 4.74 Å². The van der Waals surface area contributed by atoms with Gasteiger partial charge in [-0.15, -0.1) is 0 Å². The molecule has 0 spiro atoms. The molecule has 1 atom stereocenters. The highest BCUT2D eigenvalue weighted by Crippen LogP contribution is 2.34. The molecule has 0 aliphatic carbocycles. The molecule has 2 aromatic rings. The normalized spacial score (nSPS) is 15.5. The summed E-state index contributed by atoms with van der Waals surface area (Å²) in [5.74, 6) is 0.987. The van der Waals surface area contributed by atoms with Gasteiger partial charge in [-0.05, 0) is 36.1 Å². The summed E-state index contributed by atoms with van der Waals surface area (Å²) in [6, 6.07) is 14.3. The third-order valence-corrected chi connectivity index (χ3v) is 4.00. The van der Waals surface area contributed by atoms with E-state index in [1.165, 1.54) is 5.56 Å². The minimum Gasteiger partial charge on any atom is -0.493 e. The van der Waals surface area contributed by atoms with Crippen molar-refractivity contribution in [3.63, 3.8) is 0 Å². The summed E-state index contributed by atoms with van der Waals surface area (Å²) < 4.78 is 6.88. The van der Waals surface area contributed by atoms with Crippen molar-refractivity contribution >= 4 is 15.9 Å². The number of ether oxygens (including phenoxy) is 1. The van der Waals surface area contributed by atoms with Crippen LogP contribution in [-0.2, 0) is 6.42 Å². The van der Waals surface area contributed by atoms with Crippen LogP contribution >= 0.6 is 15.9 Å². The zero-order valence-electron chi connectivity index (χ0n) is 10.6. The van der Waals surface area contributed by atoms with E-state index in [0.29, 0.717) is 0 Å². The number of fused-ring (bicyclic) bond motifs is 1. The maximum absolute atomic E-state index is 6.41. The molecular weight excluding hydrogens is 302 g/mol. The van der Waals surface area contributed by atoms with Crippen LogP contribution in [0.2, 0.25) is 0 Å². The van der Waals surface area contributed by atoms with E-state index in [-0.39, 0.29) is 6.04 Å². The minimum absolute atomic E-state index is 0.148. The van der Waals surface area contributed by atoms with Gasteiger partial charge in [-0.3, -0.25) is 0 Å². The lowest BCUT2D eigenvalue weighted by Crippen LogP contribution is -2.17. The monoisotopic (exact) mass is 317 g/mol. The summed E-state index contributed by atoms with van der Waals surface area (Å²) in [6.07, 6.45) is 2.16. The summed E-state index contributed by atoms with van der Waals surface area (Å²) in [7, 11) is 0. The fourth-order valence-electron chi connectivity index (χ4n) is 2.54. The molecule has 0 radical (unpaired) electrons. The zero-order valence-corrected chi connectivity index (χ0v) is 12.2. The van der Waals surface area contributed by atoms with E-state index < -0.39 is 0 Å². The lowest BCUT2D eigenvalue weighted by atomic mass is 9.94. The highest BCUT2D eigenvalue weighted by atomic mass is 79.9. The molecule has 1 unspecified atom stereocenters. The molecule has 3 heteroatoms. The average Bonchev–Trinajstić information content (AvgIpc) is 2.46. The van der Waals surface area contributed by atoms with E-state index >= 15 is 0 Å². The van der Waals surface area contributed by atoms with Crippen LogP contribution in [0.1, 0.15) is 29.2 Å². The second-order valence-corrected chi connectivity index (χ2v) is 5.74. The summed E-state index contributed by atoms with van der Waals surface area (Å²) in [5.41, 5.74) is 9.85. The Labute approximate surface area is 121 Å². The highest BCUT2D eigenvalue weighted by molar-refractivity contribution is 9.10. The molecule has 0 saturated heterocycles. The Hall–Kier alpha value is -1.32. The maximum atomic E-state index is 6.41. The van der Waals surface area contributed by atoms with Crippen LogP contribution in [0.15, 0.2) is 46.9 Å². The molecule has 0 fully saturated rings. The molecule has 3 rings (SSSR count). The van der Waals surface area contributed by atoms with E-state index in [9.17, 15) is 0 Å². The first-order valence-corrected chi connectivity index (χ1v) is 7.30. The van der Waals surface area contributed by atoms with Crippen LogP contribution in [0.25, 0.3) is 0 Å². The van der Waals surface area contributed by atoms with Gasteiger partial charge >= 0.3 is 0 Å². The van der Waals surface area contributed by atoms with Gasteiger partial charge in [0.2, 0.25) is 0 Å². The molecule has 19 heavy (non-hydrogen) atoms. The minimum atomic E-state index is -0.148. The van der Waals surface area contributed by atoms with Gasteiger partial charge in [0, 0.05) is 10.0 Å². The molecule has 0 aromatic heterocycles. The molecule has 0 bridgehead atoms. The topological polar surface area (TPSA) is 35.2 Å². The van der Waals surface area contributed by atoms with Crippen LogP contribution in [0.5, 0.6) is 5.75 Å². The number of aryl methyl sites for hydroxylation is 1. The van der Waals surface area contributed by atoms with Gasteiger partial charge in [0.1, 0.15) is 5.75 Å². The van der Waals surface area contributed by atoms with Crippen LogP contribution in [0.4, 0.5) is 0 Å². The van der Waals surface area contributed by atoms with Crippen molar-refractivity contribution in [1.29, 1.82) is 0 Å². The molecule has 2 N–H and O–H groups in total. The first-order valence-electron chi connectivity index (χ1n) is 6.51. The van der Waals surface area contributed by atoms with Crippen LogP contribution in [-0.4, -0.2) is 6.61 Å². The maximum Gasteiger partial charge on any atom is 0.127 e. The Balaban J connectivity index is 2.02. The third-order valence-electron chi connectivity index (χ3n) is 3.51. The van der Waals surface area contributed by atoms with Crippen LogP contribution < -0.4 is 10.5 Å². The average molecular weight is 318 g/mol. The quantitative estimate of drug-likeness (QED) is 0.913.